The number of nitrogens with one attached hydrogen (secondary N) is 1. The van der Waals surface area contributed by atoms with E-state index in [9.17, 15) is 0 Å². The molecule has 0 radical (unpaired) electrons. The normalized spacial score (nSPS) is 13.7. The largest absolute Gasteiger partial charge is 0.327 e. The molecule has 0 bridgehead atoms. The first kappa shape index (κ1) is 18.1. The van der Waals surface area contributed by atoms with Crippen LogP contribution in [-0.2, 0) is 22.8 Å². The Balaban J connectivity index is 2.14. The van der Waals surface area contributed by atoms with E-state index < -0.39 is 5.62 Å². The monoisotopic (exact) mass is 347 g/mol. The Morgan fingerprint density at radius 2 is 2.00 bits per heavy atom. The van der Waals surface area contributed by atoms with E-state index in [0.29, 0.717) is 6.61 Å². The van der Waals surface area contributed by atoms with Crippen LogP contribution in [0.1, 0.15) is 31.7 Å². The van der Waals surface area contributed by atoms with Crippen molar-refractivity contribution in [3.05, 3.63) is 35.9 Å². The molecule has 1 aromatic carbocycles. The average molecular weight is 348 g/mol. The van der Waals surface area contributed by atoms with Crippen molar-refractivity contribution in [1.29, 1.82) is 0 Å². The second-order valence-corrected chi connectivity index (χ2v) is 11.3. The minimum Gasteiger partial charge on any atom is -0.327 e. The molecule has 0 aliphatic heterocycles. The van der Waals surface area contributed by atoms with Crippen LogP contribution >= 0.6 is 29.2 Å². The van der Waals surface area contributed by atoms with Crippen molar-refractivity contribution in [1.82, 2.24) is 5.09 Å². The fourth-order valence-corrected chi connectivity index (χ4v) is 7.07. The molecule has 112 valence electrons. The van der Waals surface area contributed by atoms with Crippen molar-refractivity contribution in [3.8, 4) is 0 Å². The van der Waals surface area contributed by atoms with E-state index in [1.54, 1.807) is 11.4 Å². The second-order valence-electron chi connectivity index (χ2n) is 4.29. The summed E-state index contributed by atoms with van der Waals surface area (Å²) in [6.45, 7) is 2.60. The van der Waals surface area contributed by atoms with Crippen molar-refractivity contribution < 1.29 is 4.52 Å². The van der Waals surface area contributed by atoms with E-state index in [-0.39, 0.29) is 0 Å². The van der Waals surface area contributed by atoms with Gasteiger partial charge in [-0.2, -0.15) is 0 Å². The van der Waals surface area contributed by atoms with Crippen LogP contribution in [0.5, 0.6) is 0 Å². The smallest absolute Gasteiger partial charge is 0.210 e. The third-order valence-corrected chi connectivity index (χ3v) is 8.65. The maximum absolute atomic E-state index is 5.63. The predicted octanol–water partition coefficient (Wildman–Crippen LogP) is 4.94. The third kappa shape index (κ3) is 7.75. The first-order valence-corrected chi connectivity index (χ1v) is 11.6. The number of rotatable bonds is 11. The highest BCUT2D eigenvalue weighted by Gasteiger charge is 2.15. The lowest BCUT2D eigenvalue weighted by Crippen LogP contribution is -2.06. The Kier molecular flexibility index (Phi) is 9.74. The van der Waals surface area contributed by atoms with Crippen molar-refractivity contribution in [2.45, 2.75) is 32.6 Å². The molecule has 0 aromatic heterocycles. The molecule has 0 fully saturated rings. The molecule has 0 spiro atoms. The SMILES string of the molecule is CCOP(=S)(NC=S)SCCCCCc1ccccc1. The number of thiocarbonyl (C=S) groups is 1. The number of hydrogen-bond acceptors (Lipinski definition) is 4. The van der Waals surface area contributed by atoms with Gasteiger partial charge in [-0.1, -0.05) is 60.4 Å². The van der Waals surface area contributed by atoms with Gasteiger partial charge in [0.15, 0.2) is 0 Å². The Morgan fingerprint density at radius 3 is 2.65 bits per heavy atom. The lowest BCUT2D eigenvalue weighted by molar-refractivity contribution is 0.383. The van der Waals surface area contributed by atoms with Gasteiger partial charge in [0, 0.05) is 5.75 Å². The molecular weight excluding hydrogens is 325 g/mol. The maximum Gasteiger partial charge on any atom is 0.210 e. The minimum absolute atomic E-state index is 0.633. The Hall–Kier alpha value is 0.0700. The van der Waals surface area contributed by atoms with Gasteiger partial charge < -0.3 is 9.61 Å². The summed E-state index contributed by atoms with van der Waals surface area (Å²) in [6, 6.07) is 10.6. The number of benzene rings is 1. The van der Waals surface area contributed by atoms with Crippen LogP contribution in [0.4, 0.5) is 0 Å². The Morgan fingerprint density at radius 1 is 1.25 bits per heavy atom. The van der Waals surface area contributed by atoms with E-state index >= 15 is 0 Å². The predicted molar refractivity (Wildman–Crippen MR) is 99.2 cm³/mol. The molecular formula is C14H22NOPS3. The molecule has 0 aliphatic rings. The molecule has 6 heteroatoms. The molecule has 0 amide bonds. The third-order valence-electron chi connectivity index (χ3n) is 2.72. The fraction of sp³-hybridized carbons (Fsp3) is 0.500. The molecule has 1 aromatic rings. The summed E-state index contributed by atoms with van der Waals surface area (Å²) in [5, 5.41) is 3.03. The Bertz CT molecular complexity index is 428. The van der Waals surface area contributed by atoms with E-state index in [4.69, 9.17) is 28.5 Å². The number of unbranched alkanes of at least 4 members (excludes halogenated alkanes) is 2. The molecule has 0 heterocycles. The van der Waals surface area contributed by atoms with E-state index in [1.807, 2.05) is 6.92 Å². The van der Waals surface area contributed by atoms with Gasteiger partial charge in [0.25, 0.3) is 0 Å². The molecule has 1 rings (SSSR count). The highest BCUT2D eigenvalue weighted by atomic mass is 32.9. The van der Waals surface area contributed by atoms with Crippen LogP contribution in [0.3, 0.4) is 0 Å². The molecule has 20 heavy (non-hydrogen) atoms. The van der Waals surface area contributed by atoms with Crippen LogP contribution in [0.15, 0.2) is 30.3 Å². The second kappa shape index (κ2) is 10.7. The van der Waals surface area contributed by atoms with Crippen LogP contribution in [0, 0.1) is 0 Å². The van der Waals surface area contributed by atoms with Crippen LogP contribution in [-0.4, -0.2) is 17.9 Å². The molecule has 1 unspecified atom stereocenters. The molecule has 0 aliphatic carbocycles. The maximum atomic E-state index is 5.63. The minimum atomic E-state index is -1.99. The van der Waals surface area contributed by atoms with Crippen molar-refractivity contribution >= 4 is 46.5 Å². The fourth-order valence-electron chi connectivity index (χ4n) is 1.78. The summed E-state index contributed by atoms with van der Waals surface area (Å²) >= 11 is 12.0. The van der Waals surface area contributed by atoms with Gasteiger partial charge in [-0.15, -0.1) is 0 Å². The zero-order chi connectivity index (χ0) is 14.7. The lowest BCUT2D eigenvalue weighted by Gasteiger charge is -2.19. The molecule has 2 nitrogen and oxygen atoms in total. The molecule has 0 saturated heterocycles. The topological polar surface area (TPSA) is 21.3 Å². The van der Waals surface area contributed by atoms with Crippen LogP contribution in [0.2, 0.25) is 0 Å². The average Bonchev–Trinajstić information content (AvgIpc) is 2.44. The first-order valence-electron chi connectivity index (χ1n) is 6.84. The molecule has 1 N–H and O–H groups in total. The van der Waals surface area contributed by atoms with Gasteiger partial charge in [-0.05, 0) is 43.6 Å². The summed E-state index contributed by atoms with van der Waals surface area (Å²) in [5.74, 6) is 1.03. The van der Waals surface area contributed by atoms with E-state index in [1.165, 1.54) is 30.3 Å². The van der Waals surface area contributed by atoms with Gasteiger partial charge in [-0.25, -0.2) is 0 Å². The number of hydrogen-bond donors (Lipinski definition) is 1. The summed E-state index contributed by atoms with van der Waals surface area (Å²) in [7, 11) is 0. The van der Waals surface area contributed by atoms with Gasteiger partial charge in [0.1, 0.15) is 0 Å². The highest BCUT2D eigenvalue weighted by Crippen LogP contribution is 2.55. The van der Waals surface area contributed by atoms with Gasteiger partial charge in [0.2, 0.25) is 5.62 Å². The molecule has 0 saturated carbocycles. The summed E-state index contributed by atoms with van der Waals surface area (Å²) < 4.78 is 5.63. The van der Waals surface area contributed by atoms with Crippen LogP contribution in [0.25, 0.3) is 0 Å². The first-order chi connectivity index (χ1) is 9.70. The highest BCUT2D eigenvalue weighted by molar-refractivity contribution is 8.68. The lowest BCUT2D eigenvalue weighted by atomic mass is 10.1. The zero-order valence-electron chi connectivity index (χ0n) is 11.8. The molecule has 1 atom stereocenters. The standard InChI is InChI=1S/C14H22NOPS3/c1-2-16-17(19,15-13-18)20-12-8-4-7-11-14-9-5-3-6-10-14/h3,5-6,9-10,13H,2,4,7-8,11-12H2,1H3,(H,15,18,19). The van der Waals surface area contributed by atoms with E-state index in [2.05, 4.69) is 35.4 Å². The van der Waals surface area contributed by atoms with Crippen molar-refractivity contribution in [2.75, 3.05) is 12.4 Å². The number of aryl methyl sites for hydroxylation is 1. The summed E-state index contributed by atoms with van der Waals surface area (Å²) in [6.07, 6.45) is 4.77. The van der Waals surface area contributed by atoms with Crippen molar-refractivity contribution in [3.63, 3.8) is 0 Å². The van der Waals surface area contributed by atoms with E-state index in [0.717, 1.165) is 12.2 Å². The van der Waals surface area contributed by atoms with Crippen LogP contribution < -0.4 is 5.09 Å². The van der Waals surface area contributed by atoms with Crippen molar-refractivity contribution in [2.24, 2.45) is 0 Å². The van der Waals surface area contributed by atoms with Gasteiger partial charge in [-0.3, -0.25) is 0 Å². The summed E-state index contributed by atoms with van der Waals surface area (Å²) in [4.78, 5) is 0. The zero-order valence-corrected chi connectivity index (χ0v) is 15.1. The quantitative estimate of drug-likeness (QED) is 0.347. The van der Waals surface area contributed by atoms with Gasteiger partial charge in [0.05, 0.1) is 12.1 Å². The summed E-state index contributed by atoms with van der Waals surface area (Å²) in [5.41, 5.74) is 0.918. The Labute approximate surface area is 137 Å². The van der Waals surface area contributed by atoms with Gasteiger partial charge >= 0.3 is 0 Å².